The molecule has 4 N–H and O–H groups in total. The molecule has 0 aliphatic carbocycles. The number of imidazole rings is 1. The fourth-order valence-corrected chi connectivity index (χ4v) is 2.59. The molecule has 9 heteroatoms. The SMILES string of the molecule is N=C(N)c1cc(F)c(Sc2ncnc3nc[nH]c23)c(F)c1. The molecule has 0 radical (unpaired) electrons. The maximum Gasteiger partial charge on any atom is 0.181 e. The topological polar surface area (TPSA) is 104 Å². The van der Waals surface area contributed by atoms with Crippen LogP contribution < -0.4 is 5.73 Å². The van der Waals surface area contributed by atoms with Gasteiger partial charge in [0, 0.05) is 5.56 Å². The molecular formula is C12H8F2N6S. The van der Waals surface area contributed by atoms with E-state index < -0.39 is 17.5 Å². The summed E-state index contributed by atoms with van der Waals surface area (Å²) in [5, 5.41) is 7.56. The van der Waals surface area contributed by atoms with Crippen LogP contribution in [-0.4, -0.2) is 25.8 Å². The molecule has 3 aromatic rings. The van der Waals surface area contributed by atoms with Gasteiger partial charge in [-0.1, -0.05) is 11.8 Å². The van der Waals surface area contributed by atoms with Crippen LogP contribution >= 0.6 is 11.8 Å². The van der Waals surface area contributed by atoms with Crippen molar-refractivity contribution in [3.05, 3.63) is 42.0 Å². The summed E-state index contributed by atoms with van der Waals surface area (Å²) >= 11 is 0.812. The predicted octanol–water partition coefficient (Wildman–Crippen LogP) is 2.07. The van der Waals surface area contributed by atoms with E-state index in [1.807, 2.05) is 0 Å². The number of aromatic amines is 1. The molecule has 2 heterocycles. The molecular weight excluding hydrogens is 298 g/mol. The third-order valence-electron chi connectivity index (χ3n) is 2.70. The first-order chi connectivity index (χ1) is 10.1. The van der Waals surface area contributed by atoms with E-state index >= 15 is 0 Å². The third-order valence-corrected chi connectivity index (χ3v) is 3.79. The van der Waals surface area contributed by atoms with Crippen LogP contribution in [0.3, 0.4) is 0 Å². The quantitative estimate of drug-likeness (QED) is 0.390. The maximum atomic E-state index is 14.0. The highest BCUT2D eigenvalue weighted by molar-refractivity contribution is 7.99. The first-order valence-electron chi connectivity index (χ1n) is 5.71. The number of rotatable bonds is 3. The van der Waals surface area contributed by atoms with Crippen molar-refractivity contribution in [1.82, 2.24) is 19.9 Å². The second kappa shape index (κ2) is 5.09. The summed E-state index contributed by atoms with van der Waals surface area (Å²) in [5.41, 5.74) is 6.12. The number of nitrogens with zero attached hydrogens (tertiary/aromatic N) is 3. The molecule has 0 aliphatic rings. The fourth-order valence-electron chi connectivity index (χ4n) is 1.73. The van der Waals surface area contributed by atoms with Crippen LogP contribution in [0.2, 0.25) is 0 Å². The van der Waals surface area contributed by atoms with Crippen LogP contribution in [0.4, 0.5) is 8.78 Å². The van der Waals surface area contributed by atoms with Crippen LogP contribution in [0.1, 0.15) is 5.56 Å². The van der Waals surface area contributed by atoms with E-state index in [0.717, 1.165) is 23.9 Å². The van der Waals surface area contributed by atoms with Crippen molar-refractivity contribution in [2.24, 2.45) is 5.73 Å². The van der Waals surface area contributed by atoms with Gasteiger partial charge < -0.3 is 10.7 Å². The Morgan fingerprint density at radius 1 is 1.19 bits per heavy atom. The van der Waals surface area contributed by atoms with Gasteiger partial charge in [-0.2, -0.15) is 0 Å². The number of hydrogen-bond donors (Lipinski definition) is 3. The van der Waals surface area contributed by atoms with Gasteiger partial charge in [0.15, 0.2) is 5.65 Å². The van der Waals surface area contributed by atoms with Crippen LogP contribution in [0.25, 0.3) is 11.2 Å². The van der Waals surface area contributed by atoms with Gasteiger partial charge in [0.25, 0.3) is 0 Å². The summed E-state index contributed by atoms with van der Waals surface area (Å²) in [4.78, 5) is 14.5. The normalized spacial score (nSPS) is 11.0. The van der Waals surface area contributed by atoms with E-state index in [-0.39, 0.29) is 10.5 Å². The van der Waals surface area contributed by atoms with Gasteiger partial charge in [0.2, 0.25) is 0 Å². The number of halogens is 2. The van der Waals surface area contributed by atoms with Crippen molar-refractivity contribution < 1.29 is 8.78 Å². The summed E-state index contributed by atoms with van der Waals surface area (Å²) in [5.74, 6) is -2.02. The zero-order valence-electron chi connectivity index (χ0n) is 10.4. The molecule has 0 unspecified atom stereocenters. The smallest absolute Gasteiger partial charge is 0.181 e. The Morgan fingerprint density at radius 2 is 1.90 bits per heavy atom. The fraction of sp³-hybridized carbons (Fsp3) is 0. The number of hydrogen-bond acceptors (Lipinski definition) is 5. The average Bonchev–Trinajstić information content (AvgIpc) is 2.91. The molecule has 0 atom stereocenters. The highest BCUT2D eigenvalue weighted by Gasteiger charge is 2.16. The van der Waals surface area contributed by atoms with Gasteiger partial charge in [-0.15, -0.1) is 0 Å². The van der Waals surface area contributed by atoms with E-state index in [1.165, 1.54) is 12.7 Å². The number of aromatic nitrogens is 4. The number of amidine groups is 1. The van der Waals surface area contributed by atoms with Gasteiger partial charge in [-0.25, -0.2) is 23.7 Å². The van der Waals surface area contributed by atoms with Crippen molar-refractivity contribution in [3.63, 3.8) is 0 Å². The molecule has 0 saturated heterocycles. The lowest BCUT2D eigenvalue weighted by Gasteiger charge is -2.07. The highest BCUT2D eigenvalue weighted by Crippen LogP contribution is 2.33. The van der Waals surface area contributed by atoms with Crippen LogP contribution in [0, 0.1) is 17.0 Å². The maximum absolute atomic E-state index is 14.0. The molecule has 0 amide bonds. The number of nitrogen functional groups attached to an aromatic ring is 1. The van der Waals surface area contributed by atoms with Crippen molar-refractivity contribution in [3.8, 4) is 0 Å². The lowest BCUT2D eigenvalue weighted by molar-refractivity contribution is 0.540. The number of benzene rings is 1. The molecule has 0 fully saturated rings. The molecule has 1 aromatic carbocycles. The molecule has 0 aliphatic heterocycles. The minimum atomic E-state index is -0.809. The number of nitrogens with one attached hydrogen (secondary N) is 2. The summed E-state index contributed by atoms with van der Waals surface area (Å²) in [6, 6.07) is 2.03. The number of fused-ring (bicyclic) bond motifs is 1. The van der Waals surface area contributed by atoms with Gasteiger partial charge in [0.05, 0.1) is 11.2 Å². The van der Waals surface area contributed by atoms with Crippen molar-refractivity contribution >= 4 is 28.8 Å². The van der Waals surface area contributed by atoms with E-state index in [2.05, 4.69) is 19.9 Å². The Morgan fingerprint density at radius 3 is 2.57 bits per heavy atom. The summed E-state index contributed by atoms with van der Waals surface area (Å²) in [6.45, 7) is 0. The molecule has 2 aromatic heterocycles. The Balaban J connectivity index is 2.06. The summed E-state index contributed by atoms with van der Waals surface area (Å²) in [7, 11) is 0. The molecule has 0 saturated carbocycles. The molecule has 3 rings (SSSR count). The zero-order valence-corrected chi connectivity index (χ0v) is 11.2. The Labute approximate surface area is 121 Å². The van der Waals surface area contributed by atoms with E-state index in [0.29, 0.717) is 16.2 Å². The lowest BCUT2D eigenvalue weighted by Crippen LogP contribution is -2.12. The molecule has 0 bridgehead atoms. The molecule has 6 nitrogen and oxygen atoms in total. The molecule has 21 heavy (non-hydrogen) atoms. The third kappa shape index (κ3) is 2.42. The highest BCUT2D eigenvalue weighted by atomic mass is 32.2. The lowest BCUT2D eigenvalue weighted by atomic mass is 10.2. The van der Waals surface area contributed by atoms with Gasteiger partial charge in [-0.05, 0) is 12.1 Å². The van der Waals surface area contributed by atoms with Gasteiger partial charge in [-0.3, -0.25) is 5.41 Å². The minimum absolute atomic E-state index is 0.0104. The predicted molar refractivity (Wildman–Crippen MR) is 73.2 cm³/mol. The van der Waals surface area contributed by atoms with Crippen molar-refractivity contribution in [1.29, 1.82) is 5.41 Å². The van der Waals surface area contributed by atoms with Crippen LogP contribution in [-0.2, 0) is 0 Å². The monoisotopic (exact) mass is 306 g/mol. The van der Waals surface area contributed by atoms with E-state index in [4.69, 9.17) is 11.1 Å². The Kier molecular flexibility index (Phi) is 3.26. The first-order valence-corrected chi connectivity index (χ1v) is 6.53. The average molecular weight is 306 g/mol. The molecule has 106 valence electrons. The Bertz CT molecular complexity index is 824. The second-order valence-corrected chi connectivity index (χ2v) is 5.06. The van der Waals surface area contributed by atoms with Gasteiger partial charge in [0.1, 0.15) is 34.3 Å². The number of H-pyrrole nitrogens is 1. The largest absolute Gasteiger partial charge is 0.384 e. The standard InChI is InChI=1S/C12H8F2N6S/c13-6-1-5(10(15)16)2-7(14)9(6)21-12-8-11(18-3-17-8)19-4-20-12/h1-4H,(H3,15,16)(H,17,18,19,20). The van der Waals surface area contributed by atoms with Crippen molar-refractivity contribution in [2.75, 3.05) is 0 Å². The zero-order chi connectivity index (χ0) is 15.0. The van der Waals surface area contributed by atoms with Crippen LogP contribution in [0.15, 0.2) is 34.7 Å². The van der Waals surface area contributed by atoms with E-state index in [9.17, 15) is 8.78 Å². The van der Waals surface area contributed by atoms with Crippen molar-refractivity contribution in [2.45, 2.75) is 9.92 Å². The van der Waals surface area contributed by atoms with E-state index in [1.54, 1.807) is 0 Å². The van der Waals surface area contributed by atoms with Crippen LogP contribution in [0.5, 0.6) is 0 Å². The van der Waals surface area contributed by atoms with Gasteiger partial charge >= 0.3 is 0 Å². The first kappa shape index (κ1) is 13.4. The Hall–Kier alpha value is -2.55. The second-order valence-electron chi connectivity index (χ2n) is 4.06. The summed E-state index contributed by atoms with van der Waals surface area (Å²) < 4.78 is 28.0. The minimum Gasteiger partial charge on any atom is -0.384 e. The number of nitrogens with two attached hydrogens (primary N) is 1. The summed E-state index contributed by atoms with van der Waals surface area (Å²) in [6.07, 6.45) is 2.69. The molecule has 0 spiro atoms.